The van der Waals surface area contributed by atoms with Gasteiger partial charge in [-0.05, 0) is 62.8 Å². The molecule has 0 fully saturated rings. The lowest BCUT2D eigenvalue weighted by Crippen LogP contribution is -2.41. The van der Waals surface area contributed by atoms with E-state index in [1.807, 2.05) is 27.1 Å². The van der Waals surface area contributed by atoms with Gasteiger partial charge in [-0.3, -0.25) is 0 Å². The molecule has 0 aliphatic rings. The SMILES string of the molecule is CCNC(=NCc1ccc(S(C)(=O)=O)c(C)c1)NCC(c1ccc(F)cc1)N(C)C.I. The fourth-order valence-electron chi connectivity index (χ4n) is 3.21. The monoisotopic (exact) mass is 562 g/mol. The third kappa shape index (κ3) is 8.38. The Hall–Kier alpha value is -1.72. The van der Waals surface area contributed by atoms with Crippen molar-refractivity contribution in [3.8, 4) is 0 Å². The fourth-order valence-corrected chi connectivity index (χ4v) is 4.17. The molecule has 2 rings (SSSR count). The summed E-state index contributed by atoms with van der Waals surface area (Å²) in [6, 6.07) is 11.8. The second kappa shape index (κ2) is 12.4. The van der Waals surface area contributed by atoms with E-state index in [0.717, 1.165) is 11.1 Å². The molecule has 1 unspecified atom stereocenters. The maximum atomic E-state index is 13.3. The molecule has 0 saturated heterocycles. The van der Waals surface area contributed by atoms with Gasteiger partial charge in [0.1, 0.15) is 5.82 Å². The van der Waals surface area contributed by atoms with Crippen molar-refractivity contribution < 1.29 is 12.8 Å². The van der Waals surface area contributed by atoms with E-state index in [1.54, 1.807) is 31.2 Å². The Morgan fingerprint density at radius 3 is 2.29 bits per heavy atom. The molecule has 0 aromatic heterocycles. The van der Waals surface area contributed by atoms with Crippen LogP contribution in [0.1, 0.15) is 29.7 Å². The van der Waals surface area contributed by atoms with Gasteiger partial charge in [0.25, 0.3) is 0 Å². The van der Waals surface area contributed by atoms with E-state index in [4.69, 9.17) is 0 Å². The summed E-state index contributed by atoms with van der Waals surface area (Å²) in [6.07, 6.45) is 1.21. The molecule has 31 heavy (non-hydrogen) atoms. The summed E-state index contributed by atoms with van der Waals surface area (Å²) in [6.45, 7) is 5.50. The average Bonchev–Trinajstić information content (AvgIpc) is 2.66. The summed E-state index contributed by atoms with van der Waals surface area (Å²) in [5.41, 5.74) is 2.66. The second-order valence-electron chi connectivity index (χ2n) is 7.48. The average molecular weight is 562 g/mol. The van der Waals surface area contributed by atoms with E-state index >= 15 is 0 Å². The molecule has 0 spiro atoms. The quantitative estimate of drug-likeness (QED) is 0.293. The van der Waals surface area contributed by atoms with Gasteiger partial charge in [-0.2, -0.15) is 0 Å². The molecule has 0 radical (unpaired) electrons. The predicted octanol–water partition coefficient (Wildman–Crippen LogP) is 3.51. The normalized spacial score (nSPS) is 12.9. The van der Waals surface area contributed by atoms with Crippen molar-refractivity contribution in [2.45, 2.75) is 31.3 Å². The summed E-state index contributed by atoms with van der Waals surface area (Å²) in [5, 5.41) is 6.57. The zero-order chi connectivity index (χ0) is 22.3. The van der Waals surface area contributed by atoms with E-state index in [2.05, 4.69) is 20.5 Å². The number of halogens is 2. The highest BCUT2D eigenvalue weighted by atomic mass is 127. The number of benzene rings is 2. The van der Waals surface area contributed by atoms with E-state index < -0.39 is 9.84 Å². The predicted molar refractivity (Wildman–Crippen MR) is 135 cm³/mol. The highest BCUT2D eigenvalue weighted by molar-refractivity contribution is 14.0. The van der Waals surface area contributed by atoms with Crippen LogP contribution in [0.2, 0.25) is 0 Å². The highest BCUT2D eigenvalue weighted by Crippen LogP contribution is 2.18. The van der Waals surface area contributed by atoms with Crippen LogP contribution < -0.4 is 10.6 Å². The highest BCUT2D eigenvalue weighted by Gasteiger charge is 2.15. The van der Waals surface area contributed by atoms with E-state index in [-0.39, 0.29) is 35.8 Å². The van der Waals surface area contributed by atoms with Crippen LogP contribution in [-0.2, 0) is 16.4 Å². The first-order valence-corrected chi connectivity index (χ1v) is 11.7. The van der Waals surface area contributed by atoms with E-state index in [1.165, 1.54) is 18.4 Å². The van der Waals surface area contributed by atoms with Gasteiger partial charge < -0.3 is 15.5 Å². The molecule has 172 valence electrons. The van der Waals surface area contributed by atoms with Crippen molar-refractivity contribution in [1.82, 2.24) is 15.5 Å². The van der Waals surface area contributed by atoms with Gasteiger partial charge in [-0.1, -0.05) is 24.3 Å². The minimum Gasteiger partial charge on any atom is -0.357 e. The van der Waals surface area contributed by atoms with Crippen molar-refractivity contribution in [3.63, 3.8) is 0 Å². The first-order valence-electron chi connectivity index (χ1n) is 9.85. The molecule has 1 atom stereocenters. The van der Waals surface area contributed by atoms with Crippen LogP contribution in [0, 0.1) is 12.7 Å². The number of hydrogen-bond acceptors (Lipinski definition) is 4. The van der Waals surface area contributed by atoms with Crippen molar-refractivity contribution in [2.24, 2.45) is 4.99 Å². The second-order valence-corrected chi connectivity index (χ2v) is 9.46. The number of aryl methyl sites for hydroxylation is 1. The van der Waals surface area contributed by atoms with Crippen LogP contribution in [0.25, 0.3) is 0 Å². The van der Waals surface area contributed by atoms with Crippen LogP contribution in [0.5, 0.6) is 0 Å². The molecule has 0 aliphatic heterocycles. The molecule has 0 heterocycles. The topological polar surface area (TPSA) is 73.8 Å². The van der Waals surface area contributed by atoms with Gasteiger partial charge in [0.2, 0.25) is 0 Å². The molecule has 0 aliphatic carbocycles. The van der Waals surface area contributed by atoms with Crippen molar-refractivity contribution in [1.29, 1.82) is 0 Å². The lowest BCUT2D eigenvalue weighted by Gasteiger charge is -2.26. The van der Waals surface area contributed by atoms with E-state index in [9.17, 15) is 12.8 Å². The summed E-state index contributed by atoms with van der Waals surface area (Å²) in [4.78, 5) is 7.03. The molecule has 9 heteroatoms. The third-order valence-corrected chi connectivity index (χ3v) is 6.00. The van der Waals surface area contributed by atoms with Gasteiger partial charge in [-0.25, -0.2) is 17.8 Å². The molecule has 6 nitrogen and oxygen atoms in total. The van der Waals surface area contributed by atoms with Gasteiger partial charge in [0.15, 0.2) is 15.8 Å². The van der Waals surface area contributed by atoms with Gasteiger partial charge in [0, 0.05) is 19.3 Å². The Kier molecular flexibility index (Phi) is 10.9. The standard InChI is InChI=1S/C22H31FN4O2S.HI/c1-6-24-22(25-14-17-7-12-21(16(2)13-17)30(5,28)29)26-15-20(27(3)4)18-8-10-19(23)11-9-18;/h7-13,20H,6,14-15H2,1-5H3,(H2,24,25,26);1H. The summed E-state index contributed by atoms with van der Waals surface area (Å²) >= 11 is 0. The number of nitrogens with one attached hydrogen (secondary N) is 2. The Balaban J connectivity index is 0.00000480. The van der Waals surface area contributed by atoms with Crippen LogP contribution in [0.3, 0.4) is 0 Å². The first-order chi connectivity index (χ1) is 14.1. The summed E-state index contributed by atoms with van der Waals surface area (Å²) in [7, 11) is 0.722. The maximum absolute atomic E-state index is 13.3. The number of aliphatic imine (C=N–C) groups is 1. The molecule has 0 amide bonds. The Labute approximate surface area is 202 Å². The first kappa shape index (κ1) is 27.3. The van der Waals surface area contributed by atoms with Gasteiger partial charge >= 0.3 is 0 Å². The Bertz CT molecular complexity index is 980. The lowest BCUT2D eigenvalue weighted by atomic mass is 10.1. The fraction of sp³-hybridized carbons (Fsp3) is 0.409. The van der Waals surface area contributed by atoms with Crippen molar-refractivity contribution in [2.75, 3.05) is 33.4 Å². The number of rotatable bonds is 8. The Morgan fingerprint density at radius 2 is 1.77 bits per heavy atom. The number of likely N-dealkylation sites (N-methyl/N-ethyl adjacent to an activating group) is 1. The lowest BCUT2D eigenvalue weighted by molar-refractivity contribution is 0.298. The van der Waals surface area contributed by atoms with Crippen molar-refractivity contribution in [3.05, 3.63) is 65.0 Å². The minimum absolute atomic E-state index is 0. The number of guanidine groups is 1. The van der Waals surface area contributed by atoms with Crippen LogP contribution >= 0.6 is 24.0 Å². The number of hydrogen-bond donors (Lipinski definition) is 2. The molecular weight excluding hydrogens is 530 g/mol. The van der Waals surface area contributed by atoms with Gasteiger partial charge in [-0.15, -0.1) is 24.0 Å². The molecular formula is C22H32FIN4O2S. The molecule has 0 bridgehead atoms. The molecule has 2 aromatic carbocycles. The molecule has 2 aromatic rings. The van der Waals surface area contributed by atoms with Crippen molar-refractivity contribution >= 4 is 39.8 Å². The van der Waals surface area contributed by atoms with Crippen LogP contribution in [0.4, 0.5) is 4.39 Å². The van der Waals surface area contributed by atoms with E-state index in [0.29, 0.717) is 36.1 Å². The zero-order valence-corrected chi connectivity index (χ0v) is 21.8. The summed E-state index contributed by atoms with van der Waals surface area (Å²) in [5.74, 6) is 0.410. The molecule has 2 N–H and O–H groups in total. The molecule has 0 saturated carbocycles. The smallest absolute Gasteiger partial charge is 0.191 e. The van der Waals surface area contributed by atoms with Gasteiger partial charge in [0.05, 0.1) is 17.5 Å². The third-order valence-electron chi connectivity index (χ3n) is 4.74. The largest absolute Gasteiger partial charge is 0.357 e. The number of nitrogens with zero attached hydrogens (tertiary/aromatic N) is 2. The Morgan fingerprint density at radius 1 is 1.13 bits per heavy atom. The number of sulfone groups is 1. The minimum atomic E-state index is -3.23. The summed E-state index contributed by atoms with van der Waals surface area (Å²) < 4.78 is 36.8. The zero-order valence-electron chi connectivity index (χ0n) is 18.6. The van der Waals surface area contributed by atoms with Crippen LogP contribution in [-0.4, -0.2) is 52.7 Å². The van der Waals surface area contributed by atoms with Crippen LogP contribution in [0.15, 0.2) is 52.4 Å². The maximum Gasteiger partial charge on any atom is 0.191 e.